The van der Waals surface area contributed by atoms with E-state index in [2.05, 4.69) is 22.6 Å². The van der Waals surface area contributed by atoms with Gasteiger partial charge in [0.15, 0.2) is 5.76 Å². The number of rotatable bonds is 7. The van der Waals surface area contributed by atoms with E-state index in [0.717, 1.165) is 36.8 Å². The van der Waals surface area contributed by atoms with Gasteiger partial charge in [0.25, 0.3) is 0 Å². The van der Waals surface area contributed by atoms with E-state index in [0.29, 0.717) is 30.2 Å². The molecular formula is C29H32N2O6. The van der Waals surface area contributed by atoms with Crippen molar-refractivity contribution >= 4 is 17.7 Å². The molecule has 2 bridgehead atoms. The number of hydrogen-bond donors (Lipinski definition) is 1. The Hall–Kier alpha value is -3.65. The molecule has 3 aliphatic rings. The van der Waals surface area contributed by atoms with Gasteiger partial charge < -0.3 is 18.7 Å². The molecule has 3 heterocycles. The molecule has 194 valence electrons. The number of fused-ring (bicyclic) bond motifs is 3. The zero-order chi connectivity index (χ0) is 26.0. The lowest BCUT2D eigenvalue weighted by atomic mass is 9.62. The van der Waals surface area contributed by atoms with Gasteiger partial charge in [-0.2, -0.15) is 0 Å². The van der Waals surface area contributed by atoms with E-state index in [4.69, 9.17) is 18.7 Å². The lowest BCUT2D eigenvalue weighted by molar-refractivity contribution is -0.176. The number of aryl methyl sites for hydroxylation is 1. The first-order valence-electron chi connectivity index (χ1n) is 12.6. The first kappa shape index (κ1) is 25.0. The fourth-order valence-corrected chi connectivity index (χ4v) is 5.47. The highest BCUT2D eigenvalue weighted by Gasteiger charge is 2.51. The van der Waals surface area contributed by atoms with E-state index in [1.54, 1.807) is 6.92 Å². The fraction of sp³-hybridized carbons (Fsp3) is 0.414. The van der Waals surface area contributed by atoms with Crippen molar-refractivity contribution in [2.75, 3.05) is 19.0 Å². The summed E-state index contributed by atoms with van der Waals surface area (Å²) in [6, 6.07) is 17.7. The van der Waals surface area contributed by atoms with Gasteiger partial charge in [0.05, 0.1) is 25.7 Å². The molecule has 6 rings (SSSR count). The van der Waals surface area contributed by atoms with Gasteiger partial charge in [-0.25, -0.2) is 4.79 Å². The van der Waals surface area contributed by atoms with E-state index in [1.165, 1.54) is 12.7 Å². The summed E-state index contributed by atoms with van der Waals surface area (Å²) in [6.45, 7) is 4.19. The van der Waals surface area contributed by atoms with Crippen molar-refractivity contribution in [2.24, 2.45) is 0 Å². The average Bonchev–Trinajstić information content (AvgIpc) is 3.29. The molecule has 1 aromatic heterocycles. The number of esters is 1. The van der Waals surface area contributed by atoms with Crippen molar-refractivity contribution < 1.29 is 28.3 Å². The van der Waals surface area contributed by atoms with Gasteiger partial charge in [0.1, 0.15) is 17.5 Å². The van der Waals surface area contributed by atoms with Crippen LogP contribution in [0.3, 0.4) is 0 Å². The Morgan fingerprint density at radius 1 is 1.05 bits per heavy atom. The maximum absolute atomic E-state index is 12.6. The maximum Gasteiger partial charge on any atom is 0.412 e. The van der Waals surface area contributed by atoms with E-state index in [-0.39, 0.29) is 17.0 Å². The van der Waals surface area contributed by atoms with Crippen molar-refractivity contribution in [3.63, 3.8) is 0 Å². The number of benzene rings is 2. The predicted molar refractivity (Wildman–Crippen MR) is 137 cm³/mol. The molecule has 8 nitrogen and oxygen atoms in total. The Bertz CT molecular complexity index is 1240. The second-order valence-electron chi connectivity index (χ2n) is 10.1. The second kappa shape index (κ2) is 10.0. The molecule has 1 amide bonds. The number of anilines is 1. The SMILES string of the molecule is COC(=O)CC12CCC(c3ccc(-c4onc(C)c4NC(=O)O[C@H](C)c4ccccc4)cc3)(CC1)CO2. The van der Waals surface area contributed by atoms with Crippen molar-refractivity contribution in [3.8, 4) is 11.3 Å². The lowest BCUT2D eigenvalue weighted by Gasteiger charge is -2.53. The zero-order valence-electron chi connectivity index (χ0n) is 21.4. The first-order valence-corrected chi connectivity index (χ1v) is 12.6. The highest BCUT2D eigenvalue weighted by molar-refractivity contribution is 5.90. The topological polar surface area (TPSA) is 99.9 Å². The van der Waals surface area contributed by atoms with Crippen LogP contribution in [0.1, 0.15) is 62.0 Å². The molecule has 2 aliphatic heterocycles. The van der Waals surface area contributed by atoms with Gasteiger partial charge in [-0.15, -0.1) is 0 Å². The molecule has 3 aromatic rings. The van der Waals surface area contributed by atoms with Gasteiger partial charge in [-0.1, -0.05) is 59.8 Å². The number of nitrogens with one attached hydrogen (secondary N) is 1. The summed E-state index contributed by atoms with van der Waals surface area (Å²) >= 11 is 0. The summed E-state index contributed by atoms with van der Waals surface area (Å²) in [5.41, 5.74) is 3.52. The smallest absolute Gasteiger partial charge is 0.412 e. The number of amides is 1. The third-order valence-corrected chi connectivity index (χ3v) is 7.87. The van der Waals surface area contributed by atoms with E-state index in [9.17, 15) is 9.59 Å². The molecule has 8 heteroatoms. The minimum absolute atomic E-state index is 0.0633. The number of carbonyl (C=O) groups excluding carboxylic acids is 2. The highest BCUT2D eigenvalue weighted by Crippen LogP contribution is 2.51. The second-order valence-corrected chi connectivity index (χ2v) is 10.1. The molecular weight excluding hydrogens is 472 g/mol. The summed E-state index contributed by atoms with van der Waals surface area (Å²) in [4.78, 5) is 24.5. The monoisotopic (exact) mass is 504 g/mol. The van der Waals surface area contributed by atoms with E-state index >= 15 is 0 Å². The number of nitrogens with zero attached hydrogens (tertiary/aromatic N) is 1. The highest BCUT2D eigenvalue weighted by atomic mass is 16.6. The Morgan fingerprint density at radius 3 is 2.38 bits per heavy atom. The van der Waals surface area contributed by atoms with Gasteiger partial charge in [0, 0.05) is 11.0 Å². The van der Waals surface area contributed by atoms with Crippen molar-refractivity contribution in [3.05, 3.63) is 71.4 Å². The number of hydrogen-bond acceptors (Lipinski definition) is 7. The van der Waals surface area contributed by atoms with Gasteiger partial charge in [-0.05, 0) is 50.7 Å². The quantitative estimate of drug-likeness (QED) is 0.388. The van der Waals surface area contributed by atoms with Crippen LogP contribution in [0.2, 0.25) is 0 Å². The number of carbonyl (C=O) groups is 2. The number of methoxy groups -OCH3 is 1. The third-order valence-electron chi connectivity index (χ3n) is 7.87. The summed E-state index contributed by atoms with van der Waals surface area (Å²) < 4.78 is 22.3. The van der Waals surface area contributed by atoms with Crippen LogP contribution >= 0.6 is 0 Å². The fourth-order valence-electron chi connectivity index (χ4n) is 5.47. The van der Waals surface area contributed by atoms with Gasteiger partial charge >= 0.3 is 12.1 Å². The molecule has 3 fully saturated rings. The third kappa shape index (κ3) is 4.98. The molecule has 0 radical (unpaired) electrons. The lowest BCUT2D eigenvalue weighted by Crippen LogP contribution is -2.54. The van der Waals surface area contributed by atoms with Crippen LogP contribution in [0, 0.1) is 6.92 Å². The summed E-state index contributed by atoms with van der Waals surface area (Å²) in [7, 11) is 1.42. The predicted octanol–water partition coefficient (Wildman–Crippen LogP) is 6.10. The minimum Gasteiger partial charge on any atom is -0.469 e. The molecule has 0 unspecified atom stereocenters. The Labute approximate surface area is 216 Å². The summed E-state index contributed by atoms with van der Waals surface area (Å²) in [5, 5.41) is 6.88. The van der Waals surface area contributed by atoms with Crippen LogP contribution < -0.4 is 5.32 Å². The molecule has 1 aliphatic carbocycles. The molecule has 1 N–H and O–H groups in total. The van der Waals surface area contributed by atoms with Crippen LogP contribution in [-0.4, -0.2) is 36.5 Å². The number of aromatic nitrogens is 1. The standard InChI is InChI=1S/C29H32N2O6/c1-19-25(30-27(33)36-20(2)21-7-5-4-6-8-21)26(37-31-19)22-9-11-23(12-10-22)28-13-15-29(16-14-28,35-18-28)17-24(32)34-3/h4-12,20H,13-18H2,1-3H3,(H,30,33)/t20-,28?,29?/m1/s1. The van der Waals surface area contributed by atoms with Crippen molar-refractivity contribution in [1.29, 1.82) is 0 Å². The number of ether oxygens (including phenoxy) is 3. The molecule has 2 aromatic carbocycles. The maximum atomic E-state index is 12.6. The summed E-state index contributed by atoms with van der Waals surface area (Å²) in [6.07, 6.45) is 2.93. The molecule has 1 saturated carbocycles. The van der Waals surface area contributed by atoms with E-state index in [1.807, 2.05) is 49.4 Å². The Morgan fingerprint density at radius 2 is 1.76 bits per heavy atom. The van der Waals surface area contributed by atoms with Crippen LogP contribution in [0.15, 0.2) is 59.1 Å². The normalized spacial score (nSPS) is 23.3. The molecule has 37 heavy (non-hydrogen) atoms. The zero-order valence-corrected chi connectivity index (χ0v) is 21.4. The molecule has 2 saturated heterocycles. The van der Waals surface area contributed by atoms with Crippen LogP contribution in [0.4, 0.5) is 10.5 Å². The van der Waals surface area contributed by atoms with E-state index < -0.39 is 12.2 Å². The van der Waals surface area contributed by atoms with Crippen LogP contribution in [0.25, 0.3) is 11.3 Å². The van der Waals surface area contributed by atoms with Crippen LogP contribution in [-0.2, 0) is 24.4 Å². The van der Waals surface area contributed by atoms with Crippen LogP contribution in [0.5, 0.6) is 0 Å². The largest absolute Gasteiger partial charge is 0.469 e. The van der Waals surface area contributed by atoms with Gasteiger partial charge in [-0.3, -0.25) is 10.1 Å². The van der Waals surface area contributed by atoms with Crippen molar-refractivity contribution in [2.45, 2.75) is 63.1 Å². The van der Waals surface area contributed by atoms with Crippen molar-refractivity contribution in [1.82, 2.24) is 5.16 Å². The first-order chi connectivity index (χ1) is 17.8. The molecule has 0 spiro atoms. The Balaban J connectivity index is 1.27. The average molecular weight is 505 g/mol. The Kier molecular flexibility index (Phi) is 6.77. The van der Waals surface area contributed by atoms with Gasteiger partial charge in [0.2, 0.25) is 0 Å². The minimum atomic E-state index is -0.573. The summed E-state index contributed by atoms with van der Waals surface area (Å²) in [5.74, 6) is 0.260. The molecule has 1 atom stereocenters.